The summed E-state index contributed by atoms with van der Waals surface area (Å²) in [4.78, 5) is 36.1. The topological polar surface area (TPSA) is 68.1 Å². The molecule has 2 aromatic carbocycles. The van der Waals surface area contributed by atoms with Crippen LogP contribution in [0.2, 0.25) is 0 Å². The molecule has 0 aliphatic heterocycles. The zero-order valence-electron chi connectivity index (χ0n) is 17.3. The minimum absolute atomic E-state index is 0.0796. The minimum Gasteiger partial charge on any atom is -0.333 e. The molecule has 4 rings (SSSR count). The lowest BCUT2D eigenvalue weighted by Gasteiger charge is -2.28. The van der Waals surface area contributed by atoms with Crippen LogP contribution in [0, 0.1) is 5.82 Å². The Balaban J connectivity index is 1.58. The summed E-state index contributed by atoms with van der Waals surface area (Å²) in [5.41, 5.74) is 1.63. The normalized spacial score (nSPS) is 12.0. The van der Waals surface area contributed by atoms with Gasteiger partial charge in [-0.3, -0.25) is 19.1 Å². The Morgan fingerprint density at radius 3 is 2.72 bits per heavy atom. The Kier molecular flexibility index (Phi) is 6.41. The fraction of sp³-hybridized carbons (Fsp3) is 0.167. The van der Waals surface area contributed by atoms with Gasteiger partial charge < -0.3 is 4.90 Å². The number of aromatic nitrogens is 3. The first kappa shape index (κ1) is 21.8. The van der Waals surface area contributed by atoms with Gasteiger partial charge in [-0.05, 0) is 48.0 Å². The molecule has 162 valence electrons. The van der Waals surface area contributed by atoms with Gasteiger partial charge in [0.2, 0.25) is 5.91 Å². The summed E-state index contributed by atoms with van der Waals surface area (Å²) in [7, 11) is 1.66. The number of pyridine rings is 1. The molecule has 0 saturated heterocycles. The zero-order chi connectivity index (χ0) is 22.7. The number of nitrogens with zero attached hydrogens (tertiary/aromatic N) is 4. The number of aryl methyl sites for hydroxylation is 1. The van der Waals surface area contributed by atoms with Gasteiger partial charge in [0.05, 0.1) is 29.0 Å². The van der Waals surface area contributed by atoms with E-state index >= 15 is 0 Å². The molecule has 8 heteroatoms. The van der Waals surface area contributed by atoms with Gasteiger partial charge in [0.15, 0.2) is 0 Å². The van der Waals surface area contributed by atoms with E-state index in [9.17, 15) is 14.0 Å². The molecule has 0 aliphatic carbocycles. The van der Waals surface area contributed by atoms with Gasteiger partial charge >= 0.3 is 0 Å². The van der Waals surface area contributed by atoms with Crippen molar-refractivity contribution in [3.63, 3.8) is 0 Å². The van der Waals surface area contributed by atoms with Gasteiger partial charge in [-0.15, -0.1) is 0 Å². The van der Waals surface area contributed by atoms with E-state index in [1.807, 2.05) is 12.1 Å². The molecule has 0 unspecified atom stereocenters. The summed E-state index contributed by atoms with van der Waals surface area (Å²) < 4.78 is 16.1. The van der Waals surface area contributed by atoms with E-state index in [0.29, 0.717) is 22.2 Å². The molecule has 4 aromatic rings. The molecule has 1 atom stereocenters. The summed E-state index contributed by atoms with van der Waals surface area (Å²) in [6.45, 7) is 0.176. The first-order valence-electron chi connectivity index (χ1n) is 10.0. The molecule has 0 fully saturated rings. The third kappa shape index (κ3) is 4.60. The van der Waals surface area contributed by atoms with Crippen LogP contribution in [0.3, 0.4) is 0 Å². The average Bonchev–Trinajstić information content (AvgIpc) is 2.80. The van der Waals surface area contributed by atoms with Crippen molar-refractivity contribution in [3.8, 4) is 0 Å². The highest BCUT2D eigenvalue weighted by Crippen LogP contribution is 2.27. The summed E-state index contributed by atoms with van der Waals surface area (Å²) in [5.74, 6) is -0.588. The lowest BCUT2D eigenvalue weighted by molar-refractivity contribution is -0.131. The first-order chi connectivity index (χ1) is 15.4. The van der Waals surface area contributed by atoms with Gasteiger partial charge in [0.1, 0.15) is 5.82 Å². The molecule has 0 aliphatic rings. The number of hydrogen-bond donors (Lipinski definition) is 0. The van der Waals surface area contributed by atoms with Crippen molar-refractivity contribution in [1.29, 1.82) is 0 Å². The van der Waals surface area contributed by atoms with E-state index in [4.69, 9.17) is 0 Å². The fourth-order valence-electron chi connectivity index (χ4n) is 3.63. The molecule has 32 heavy (non-hydrogen) atoms. The molecule has 0 bridgehead atoms. The van der Waals surface area contributed by atoms with E-state index in [2.05, 4.69) is 25.9 Å². The van der Waals surface area contributed by atoms with Crippen LogP contribution < -0.4 is 5.56 Å². The SMILES string of the molecule is CN(C(=O)CCn1cnc2ccc(Br)cc2c1=O)[C@H](c1cccc(F)c1)c1ccccn1. The maximum atomic E-state index is 13.9. The lowest BCUT2D eigenvalue weighted by Crippen LogP contribution is -2.34. The molecule has 0 radical (unpaired) electrons. The Morgan fingerprint density at radius 2 is 1.97 bits per heavy atom. The van der Waals surface area contributed by atoms with Gasteiger partial charge in [0.25, 0.3) is 5.56 Å². The highest BCUT2D eigenvalue weighted by atomic mass is 79.9. The third-order valence-electron chi connectivity index (χ3n) is 5.27. The largest absolute Gasteiger partial charge is 0.333 e. The minimum atomic E-state index is -0.554. The van der Waals surface area contributed by atoms with Crippen molar-refractivity contribution < 1.29 is 9.18 Å². The summed E-state index contributed by atoms with van der Waals surface area (Å²) in [6.07, 6.45) is 3.17. The molecule has 0 N–H and O–H groups in total. The van der Waals surface area contributed by atoms with Crippen LogP contribution in [0.25, 0.3) is 10.9 Å². The van der Waals surface area contributed by atoms with E-state index < -0.39 is 6.04 Å². The molecule has 6 nitrogen and oxygen atoms in total. The summed E-state index contributed by atoms with van der Waals surface area (Å²) >= 11 is 3.37. The second-order valence-electron chi connectivity index (χ2n) is 7.37. The highest BCUT2D eigenvalue weighted by molar-refractivity contribution is 9.10. The molecule has 0 spiro atoms. The maximum absolute atomic E-state index is 13.9. The van der Waals surface area contributed by atoms with Crippen LogP contribution in [0.15, 0.2) is 82.5 Å². The van der Waals surface area contributed by atoms with E-state index in [0.717, 1.165) is 4.47 Å². The molecule has 2 aromatic heterocycles. The number of carbonyl (C=O) groups excluding carboxylic acids is 1. The first-order valence-corrected chi connectivity index (χ1v) is 10.8. The number of carbonyl (C=O) groups is 1. The Bertz CT molecular complexity index is 1330. The predicted octanol–water partition coefficient (Wildman–Crippen LogP) is 4.33. The van der Waals surface area contributed by atoms with Crippen molar-refractivity contribution in [2.24, 2.45) is 0 Å². The third-order valence-corrected chi connectivity index (χ3v) is 5.76. The molecule has 0 saturated carbocycles. The Labute approximate surface area is 192 Å². The van der Waals surface area contributed by atoms with Crippen LogP contribution >= 0.6 is 15.9 Å². The average molecular weight is 495 g/mol. The van der Waals surface area contributed by atoms with Crippen LogP contribution in [0.5, 0.6) is 0 Å². The van der Waals surface area contributed by atoms with Gasteiger partial charge in [-0.25, -0.2) is 9.37 Å². The van der Waals surface area contributed by atoms with Crippen LogP contribution in [-0.4, -0.2) is 32.4 Å². The second-order valence-corrected chi connectivity index (χ2v) is 8.29. The number of benzene rings is 2. The zero-order valence-corrected chi connectivity index (χ0v) is 18.9. The highest BCUT2D eigenvalue weighted by Gasteiger charge is 2.25. The Morgan fingerprint density at radius 1 is 1.12 bits per heavy atom. The molecule has 2 heterocycles. The van der Waals surface area contributed by atoms with Crippen molar-refractivity contribution in [2.45, 2.75) is 19.0 Å². The summed E-state index contributed by atoms with van der Waals surface area (Å²) in [6, 6.07) is 16.3. The van der Waals surface area contributed by atoms with Gasteiger partial charge in [-0.1, -0.05) is 34.1 Å². The van der Waals surface area contributed by atoms with E-state index in [-0.39, 0.29) is 30.2 Å². The smallest absolute Gasteiger partial charge is 0.261 e. The number of fused-ring (bicyclic) bond motifs is 1. The predicted molar refractivity (Wildman–Crippen MR) is 124 cm³/mol. The van der Waals surface area contributed by atoms with Crippen molar-refractivity contribution in [1.82, 2.24) is 19.4 Å². The number of rotatable bonds is 6. The standard InChI is InChI=1S/C24H20BrFN4O2/c1-29(23(21-7-2-3-11-27-21)16-5-4-6-18(26)13-16)22(31)10-12-30-15-28-20-9-8-17(25)14-19(20)24(30)32/h2-9,11,13-15,23H,10,12H2,1H3/t23-/m1/s1. The number of hydrogen-bond acceptors (Lipinski definition) is 4. The van der Waals surface area contributed by atoms with Crippen LogP contribution in [-0.2, 0) is 11.3 Å². The summed E-state index contributed by atoms with van der Waals surface area (Å²) in [5, 5.41) is 0.480. The van der Waals surface area contributed by atoms with Crippen molar-refractivity contribution >= 4 is 32.7 Å². The van der Waals surface area contributed by atoms with Crippen LogP contribution in [0.1, 0.15) is 23.7 Å². The monoisotopic (exact) mass is 494 g/mol. The number of amides is 1. The quantitative estimate of drug-likeness (QED) is 0.400. The fourth-order valence-corrected chi connectivity index (χ4v) is 4.00. The Hall–Kier alpha value is -3.39. The van der Waals surface area contributed by atoms with E-state index in [1.165, 1.54) is 27.9 Å². The van der Waals surface area contributed by atoms with Gasteiger partial charge in [0, 0.05) is 30.7 Å². The maximum Gasteiger partial charge on any atom is 0.261 e. The van der Waals surface area contributed by atoms with Crippen molar-refractivity contribution in [3.05, 3.63) is 105 Å². The van der Waals surface area contributed by atoms with Crippen LogP contribution in [0.4, 0.5) is 4.39 Å². The number of halogens is 2. The molecular formula is C24H20BrFN4O2. The molecule has 1 amide bonds. The second kappa shape index (κ2) is 9.40. The molecular weight excluding hydrogens is 475 g/mol. The van der Waals surface area contributed by atoms with E-state index in [1.54, 1.807) is 49.6 Å². The lowest BCUT2D eigenvalue weighted by atomic mass is 10.0. The van der Waals surface area contributed by atoms with Crippen molar-refractivity contribution in [2.75, 3.05) is 7.05 Å². The van der Waals surface area contributed by atoms with Gasteiger partial charge in [-0.2, -0.15) is 0 Å².